The van der Waals surface area contributed by atoms with Crippen molar-refractivity contribution in [3.63, 3.8) is 0 Å². The van der Waals surface area contributed by atoms with E-state index < -0.39 is 13.6 Å². The van der Waals surface area contributed by atoms with Gasteiger partial charge in [0, 0.05) is 6.26 Å². The van der Waals surface area contributed by atoms with Crippen LogP contribution in [0.15, 0.2) is 46.1 Å². The Morgan fingerprint density at radius 1 is 1.14 bits per heavy atom. The lowest BCUT2D eigenvalue weighted by Gasteiger charge is -2.04. The molecule has 1 heterocycles. The number of nitrogens with zero attached hydrogens (tertiary/aromatic N) is 2. The van der Waals surface area contributed by atoms with Gasteiger partial charge in [-0.25, -0.2) is 8.42 Å². The average molecular weight is 368 g/mol. The molecule has 3 aromatic carbocycles. The molecule has 0 radical (unpaired) electrons. The van der Waals surface area contributed by atoms with E-state index in [9.17, 15) is 8.42 Å². The summed E-state index contributed by atoms with van der Waals surface area (Å²) in [4.78, 5) is 3.95. The summed E-state index contributed by atoms with van der Waals surface area (Å²) in [5.74, 6) is -0.0208. The second kappa shape index (κ2) is 5.96. The number of halogens is 3. The highest BCUT2D eigenvalue weighted by atomic mass is 35.6. The fraction of sp³-hybridized carbons (Fsp3) is 0.167. The molecule has 0 atom stereocenters. The van der Waals surface area contributed by atoms with Crippen LogP contribution in [0.25, 0.3) is 10.8 Å². The normalized spacial score (nSPS) is 12.2. The zero-order chi connectivity index (χ0) is 15.7. The Kier molecular flexibility index (Phi) is 4.63. The van der Waals surface area contributed by atoms with E-state index in [0.29, 0.717) is 4.90 Å². The third kappa shape index (κ3) is 4.20. The van der Waals surface area contributed by atoms with Crippen LogP contribution < -0.4 is 0 Å². The largest absolute Gasteiger partial charge is 0.335 e. The number of fused-ring (bicyclic) bond motifs is 3. The minimum atomic E-state index is -3.06. The molecule has 5 nitrogen and oxygen atoms in total. The van der Waals surface area contributed by atoms with Crippen LogP contribution in [-0.2, 0) is 13.6 Å². The first-order valence-electron chi connectivity index (χ1n) is 5.54. The lowest BCUT2D eigenvalue weighted by Crippen LogP contribution is -1.98. The Bertz CT molecular complexity index is 793. The van der Waals surface area contributed by atoms with Crippen molar-refractivity contribution < 1.29 is 12.9 Å². The molecule has 4 aromatic rings. The van der Waals surface area contributed by atoms with E-state index in [1.807, 2.05) is 24.3 Å². The maximum Gasteiger partial charge on any atom is 0.278 e. The predicted octanol–water partition coefficient (Wildman–Crippen LogP) is 3.58. The smallest absolute Gasteiger partial charge is 0.278 e. The van der Waals surface area contributed by atoms with Gasteiger partial charge in [-0.1, -0.05) is 64.2 Å². The summed E-state index contributed by atoms with van der Waals surface area (Å²) in [6, 6.07) is 9.16. The van der Waals surface area contributed by atoms with E-state index in [1.165, 1.54) is 6.26 Å². The van der Waals surface area contributed by atoms with Crippen molar-refractivity contribution >= 4 is 55.4 Å². The SMILES string of the molecule is CS(=O)(=O)c1cc2ccc1cc2.ClC(Cl)(Cl)c1ncno1. The molecule has 1 aromatic heterocycles. The highest BCUT2D eigenvalue weighted by molar-refractivity contribution is 7.91. The fourth-order valence-electron chi connectivity index (χ4n) is 1.60. The van der Waals surface area contributed by atoms with Crippen LogP contribution >= 0.6 is 34.8 Å². The van der Waals surface area contributed by atoms with Crippen molar-refractivity contribution in [2.45, 2.75) is 8.69 Å². The maximum atomic E-state index is 11.2. The van der Waals surface area contributed by atoms with Crippen molar-refractivity contribution in [1.29, 1.82) is 0 Å². The van der Waals surface area contributed by atoms with Crippen LogP contribution in [0.5, 0.6) is 0 Å². The van der Waals surface area contributed by atoms with Crippen LogP contribution in [0.3, 0.4) is 0 Å². The summed E-state index contributed by atoms with van der Waals surface area (Å²) >= 11 is 16.0. The van der Waals surface area contributed by atoms with Gasteiger partial charge in [0.15, 0.2) is 16.2 Å². The first-order chi connectivity index (χ1) is 9.68. The summed E-state index contributed by atoms with van der Waals surface area (Å²) < 4.78 is 25.3. The summed E-state index contributed by atoms with van der Waals surface area (Å²) in [5.41, 5.74) is 0. The first kappa shape index (κ1) is 16.3. The molecule has 2 bridgehead atoms. The van der Waals surface area contributed by atoms with Gasteiger partial charge in [-0.15, -0.1) is 0 Å². The van der Waals surface area contributed by atoms with Gasteiger partial charge in [0.25, 0.3) is 9.68 Å². The van der Waals surface area contributed by atoms with Gasteiger partial charge in [0.2, 0.25) is 0 Å². The standard InChI is InChI=1S/C9H8O2S.C3HCl3N2O/c1-12(10,11)9-6-7-2-4-8(9)5-3-7;4-3(5,6)2-7-1-8-9-2/h2-6H,1H3;1H. The maximum absolute atomic E-state index is 11.2. The zero-order valence-corrected chi connectivity index (χ0v) is 13.7. The molecule has 9 heteroatoms. The second-order valence-electron chi connectivity index (χ2n) is 4.15. The highest BCUT2D eigenvalue weighted by Gasteiger charge is 2.28. The molecule has 0 aliphatic carbocycles. The molecule has 4 rings (SSSR count). The number of aromatic nitrogens is 2. The molecular formula is C12H9Cl3N2O3S. The number of benzene rings is 3. The second-order valence-corrected chi connectivity index (χ2v) is 8.41. The lowest BCUT2D eigenvalue weighted by atomic mass is 10.1. The Labute approximate surface area is 136 Å². The third-order valence-corrected chi connectivity index (χ3v) is 4.13. The third-order valence-electron chi connectivity index (χ3n) is 2.50. The molecule has 0 saturated carbocycles. The average Bonchev–Trinajstić information content (AvgIpc) is 2.93. The Morgan fingerprint density at radius 3 is 2.00 bits per heavy atom. The van der Waals surface area contributed by atoms with Gasteiger partial charge in [-0.2, -0.15) is 4.98 Å². The molecule has 0 aliphatic rings. The summed E-state index contributed by atoms with van der Waals surface area (Å²) in [5, 5.41) is 4.98. The molecule has 0 fully saturated rings. The van der Waals surface area contributed by atoms with Gasteiger partial charge >= 0.3 is 0 Å². The van der Waals surface area contributed by atoms with Crippen molar-refractivity contribution in [2.75, 3.05) is 6.26 Å². The molecule has 0 unspecified atom stereocenters. The van der Waals surface area contributed by atoms with Crippen LogP contribution in [0, 0.1) is 0 Å². The molecule has 0 N–H and O–H groups in total. The molecule has 0 spiro atoms. The van der Waals surface area contributed by atoms with Gasteiger partial charge < -0.3 is 4.52 Å². The van der Waals surface area contributed by atoms with Gasteiger partial charge in [-0.05, 0) is 16.8 Å². The number of hydrogen-bond donors (Lipinski definition) is 0. The summed E-state index contributed by atoms with van der Waals surface area (Å²) in [6.45, 7) is 0. The Morgan fingerprint density at radius 2 is 1.76 bits per heavy atom. The Balaban J connectivity index is 0.000000161. The van der Waals surface area contributed by atoms with E-state index >= 15 is 0 Å². The summed E-state index contributed by atoms with van der Waals surface area (Å²) in [6.07, 6.45) is 2.39. The number of alkyl halides is 3. The van der Waals surface area contributed by atoms with Crippen molar-refractivity contribution in [3.8, 4) is 0 Å². The fourth-order valence-corrected chi connectivity index (χ4v) is 2.76. The monoisotopic (exact) mass is 366 g/mol. The van der Waals surface area contributed by atoms with E-state index in [0.717, 1.165) is 17.1 Å². The van der Waals surface area contributed by atoms with Gasteiger partial charge in [-0.3, -0.25) is 0 Å². The highest BCUT2D eigenvalue weighted by Crippen LogP contribution is 2.36. The van der Waals surface area contributed by atoms with E-state index in [1.54, 1.807) is 6.07 Å². The lowest BCUT2D eigenvalue weighted by molar-refractivity contribution is 0.381. The van der Waals surface area contributed by atoms with E-state index in [4.69, 9.17) is 34.8 Å². The molecular weight excluding hydrogens is 359 g/mol. The van der Waals surface area contributed by atoms with E-state index in [-0.39, 0.29) is 5.89 Å². The Hall–Kier alpha value is -1.08. The molecule has 0 aliphatic heterocycles. The van der Waals surface area contributed by atoms with Gasteiger partial charge in [0.05, 0.1) is 4.90 Å². The minimum absolute atomic E-state index is 0.0208. The van der Waals surface area contributed by atoms with Crippen molar-refractivity contribution in [1.82, 2.24) is 10.1 Å². The van der Waals surface area contributed by atoms with Crippen LogP contribution in [0.2, 0.25) is 0 Å². The molecule has 21 heavy (non-hydrogen) atoms. The molecule has 0 amide bonds. The van der Waals surface area contributed by atoms with Crippen LogP contribution in [0.4, 0.5) is 0 Å². The van der Waals surface area contributed by atoms with E-state index in [2.05, 4.69) is 14.7 Å². The van der Waals surface area contributed by atoms with Crippen LogP contribution in [0.1, 0.15) is 5.89 Å². The number of rotatable bonds is 1. The number of hydrogen-bond acceptors (Lipinski definition) is 5. The van der Waals surface area contributed by atoms with Crippen LogP contribution in [-0.4, -0.2) is 24.8 Å². The topological polar surface area (TPSA) is 73.1 Å². The molecule has 0 saturated heterocycles. The summed E-state index contributed by atoms with van der Waals surface area (Å²) in [7, 11) is -3.06. The minimum Gasteiger partial charge on any atom is -0.335 e. The van der Waals surface area contributed by atoms with Crippen molar-refractivity contribution in [3.05, 3.63) is 42.5 Å². The number of sulfone groups is 1. The molecule has 112 valence electrons. The first-order valence-corrected chi connectivity index (χ1v) is 8.56. The zero-order valence-electron chi connectivity index (χ0n) is 10.6. The van der Waals surface area contributed by atoms with Crippen molar-refractivity contribution in [2.24, 2.45) is 0 Å². The predicted molar refractivity (Wildman–Crippen MR) is 81.8 cm³/mol. The quantitative estimate of drug-likeness (QED) is 0.615. The van der Waals surface area contributed by atoms with Gasteiger partial charge in [0.1, 0.15) is 0 Å².